The Bertz CT molecular complexity index is 1440. The third kappa shape index (κ3) is 5.73. The van der Waals surface area contributed by atoms with Gasteiger partial charge in [-0.1, -0.05) is 30.3 Å². The maximum absolute atomic E-state index is 13.6. The van der Waals surface area contributed by atoms with Crippen LogP contribution in [-0.2, 0) is 17.8 Å². The molecule has 0 amide bonds. The van der Waals surface area contributed by atoms with Gasteiger partial charge >= 0.3 is 0 Å². The zero-order valence-corrected chi connectivity index (χ0v) is 22.3. The van der Waals surface area contributed by atoms with Crippen LogP contribution in [0.4, 0.5) is 0 Å². The predicted molar refractivity (Wildman–Crippen MR) is 148 cm³/mol. The summed E-state index contributed by atoms with van der Waals surface area (Å²) in [6, 6.07) is 17.9. The van der Waals surface area contributed by atoms with Crippen LogP contribution in [0, 0.1) is 0 Å². The molecular weight excluding hydrogens is 494 g/mol. The van der Waals surface area contributed by atoms with E-state index in [9.17, 15) is 4.79 Å². The summed E-state index contributed by atoms with van der Waals surface area (Å²) in [5, 5.41) is 13.8. The molecule has 0 unspecified atom stereocenters. The highest BCUT2D eigenvalue weighted by Crippen LogP contribution is 2.29. The largest absolute Gasteiger partial charge is 0.494 e. The highest BCUT2D eigenvalue weighted by atomic mass is 16.5. The highest BCUT2D eigenvalue weighted by Gasteiger charge is 2.33. The zero-order valence-electron chi connectivity index (χ0n) is 22.3. The quantitative estimate of drug-likeness (QED) is 0.353. The molecular formula is C29H35N7O3. The molecule has 2 saturated heterocycles. The van der Waals surface area contributed by atoms with Crippen LogP contribution < -0.4 is 10.3 Å². The molecule has 2 fully saturated rings. The third-order valence-electron chi connectivity index (χ3n) is 7.68. The van der Waals surface area contributed by atoms with E-state index in [1.54, 1.807) is 0 Å². The summed E-state index contributed by atoms with van der Waals surface area (Å²) in [5.41, 5.74) is 2.59. The van der Waals surface area contributed by atoms with Gasteiger partial charge in [0.25, 0.3) is 5.56 Å². The van der Waals surface area contributed by atoms with Crippen molar-refractivity contribution in [2.75, 3.05) is 39.4 Å². The Kier molecular flexibility index (Phi) is 7.67. The van der Waals surface area contributed by atoms with Crippen LogP contribution in [0.3, 0.4) is 0 Å². The summed E-state index contributed by atoms with van der Waals surface area (Å²) in [7, 11) is 0. The highest BCUT2D eigenvalue weighted by molar-refractivity contribution is 5.80. The van der Waals surface area contributed by atoms with Gasteiger partial charge in [0.05, 0.1) is 19.3 Å². The Morgan fingerprint density at radius 3 is 2.72 bits per heavy atom. The second-order valence-corrected chi connectivity index (χ2v) is 10.3. The predicted octanol–water partition coefficient (Wildman–Crippen LogP) is 3.00. The van der Waals surface area contributed by atoms with Crippen molar-refractivity contribution in [2.24, 2.45) is 0 Å². The number of hydrogen-bond acceptors (Lipinski definition) is 8. The van der Waals surface area contributed by atoms with E-state index >= 15 is 0 Å². The molecule has 0 radical (unpaired) electrons. The van der Waals surface area contributed by atoms with Crippen molar-refractivity contribution in [1.29, 1.82) is 0 Å². The number of nitrogens with one attached hydrogen (secondary N) is 1. The van der Waals surface area contributed by atoms with Gasteiger partial charge in [0.15, 0.2) is 5.82 Å². The van der Waals surface area contributed by atoms with Crippen LogP contribution in [0.5, 0.6) is 5.75 Å². The standard InChI is InChI=1S/C29H35N7O3/c1-2-38-23-10-11-26-22(17-23)18-25(29(37)30-26)27(28-31-32-33-36(28)20-24-9-6-16-39-24)35-14-12-34(13-15-35)19-21-7-4-3-5-8-21/h3-5,7-8,10-11,17-18,24,27H,2,6,9,12-16,19-20H2,1H3,(H,30,37)/t24-,27-/m0/s1. The van der Waals surface area contributed by atoms with Crippen molar-refractivity contribution in [3.8, 4) is 5.75 Å². The number of rotatable bonds is 9. The molecule has 4 aromatic rings. The van der Waals surface area contributed by atoms with E-state index in [0.29, 0.717) is 24.5 Å². The Morgan fingerprint density at radius 1 is 1.10 bits per heavy atom. The van der Waals surface area contributed by atoms with E-state index in [0.717, 1.165) is 68.8 Å². The van der Waals surface area contributed by atoms with Crippen molar-refractivity contribution in [2.45, 2.75) is 45.0 Å². The average Bonchev–Trinajstić information content (AvgIpc) is 3.64. The van der Waals surface area contributed by atoms with Gasteiger partial charge in [0, 0.05) is 55.8 Å². The van der Waals surface area contributed by atoms with Crippen molar-refractivity contribution in [3.05, 3.63) is 81.9 Å². The van der Waals surface area contributed by atoms with Crippen molar-refractivity contribution in [1.82, 2.24) is 35.0 Å². The minimum Gasteiger partial charge on any atom is -0.494 e. The average molecular weight is 530 g/mol. The molecule has 4 heterocycles. The van der Waals surface area contributed by atoms with E-state index in [4.69, 9.17) is 9.47 Å². The van der Waals surface area contributed by atoms with E-state index in [1.165, 1.54) is 5.56 Å². The second-order valence-electron chi connectivity index (χ2n) is 10.3. The molecule has 39 heavy (non-hydrogen) atoms. The maximum Gasteiger partial charge on any atom is 0.253 e. The molecule has 6 rings (SSSR count). The lowest BCUT2D eigenvalue weighted by Gasteiger charge is -2.38. The smallest absolute Gasteiger partial charge is 0.253 e. The number of hydrogen-bond donors (Lipinski definition) is 1. The van der Waals surface area contributed by atoms with Crippen LogP contribution in [0.2, 0.25) is 0 Å². The fraction of sp³-hybridized carbons (Fsp3) is 0.448. The summed E-state index contributed by atoms with van der Waals surface area (Å²) >= 11 is 0. The molecule has 0 spiro atoms. The number of ether oxygens (including phenoxy) is 2. The number of fused-ring (bicyclic) bond motifs is 1. The van der Waals surface area contributed by atoms with Crippen LogP contribution in [-0.4, -0.2) is 80.5 Å². The van der Waals surface area contributed by atoms with Gasteiger partial charge in [-0.05, 0) is 60.0 Å². The van der Waals surface area contributed by atoms with Crippen LogP contribution >= 0.6 is 0 Å². The Hall–Kier alpha value is -3.60. The van der Waals surface area contributed by atoms with Gasteiger partial charge in [0.1, 0.15) is 11.8 Å². The lowest BCUT2D eigenvalue weighted by molar-refractivity contribution is 0.0840. The first-order valence-corrected chi connectivity index (χ1v) is 13.9. The first-order valence-electron chi connectivity index (χ1n) is 13.9. The molecule has 10 heteroatoms. The number of aromatic amines is 1. The molecule has 2 atom stereocenters. The fourth-order valence-corrected chi connectivity index (χ4v) is 5.70. The van der Waals surface area contributed by atoms with Gasteiger partial charge < -0.3 is 14.5 Å². The first kappa shape index (κ1) is 25.7. The number of benzene rings is 2. The van der Waals surface area contributed by atoms with Gasteiger partial charge in [-0.15, -0.1) is 5.10 Å². The van der Waals surface area contributed by atoms with E-state index in [1.807, 2.05) is 41.9 Å². The number of pyridine rings is 1. The topological polar surface area (TPSA) is 101 Å². The molecule has 2 aromatic carbocycles. The van der Waals surface area contributed by atoms with Crippen molar-refractivity contribution in [3.63, 3.8) is 0 Å². The summed E-state index contributed by atoms with van der Waals surface area (Å²) in [4.78, 5) is 21.4. The fourth-order valence-electron chi connectivity index (χ4n) is 5.70. The first-order chi connectivity index (χ1) is 19.2. The summed E-state index contributed by atoms with van der Waals surface area (Å²) in [6.45, 7) is 8.15. The molecule has 0 aliphatic carbocycles. The van der Waals surface area contributed by atoms with Crippen LogP contribution in [0.15, 0.2) is 59.4 Å². The van der Waals surface area contributed by atoms with E-state index in [-0.39, 0.29) is 17.7 Å². The molecule has 204 valence electrons. The second kappa shape index (κ2) is 11.6. The summed E-state index contributed by atoms with van der Waals surface area (Å²) in [5.74, 6) is 1.45. The molecule has 2 aliphatic heterocycles. The SMILES string of the molecule is CCOc1ccc2[nH]c(=O)c([C@@H](c3nnnn3C[C@@H]3CCCO3)N3CCN(Cc4ccccc4)CC3)cc2c1. The Labute approximate surface area is 227 Å². The number of tetrazole rings is 1. The molecule has 0 saturated carbocycles. The van der Waals surface area contributed by atoms with Gasteiger partial charge in [-0.2, -0.15) is 0 Å². The zero-order chi connectivity index (χ0) is 26.6. The number of aromatic nitrogens is 5. The van der Waals surface area contributed by atoms with E-state index < -0.39 is 0 Å². The molecule has 0 bridgehead atoms. The summed E-state index contributed by atoms with van der Waals surface area (Å²) < 4.78 is 13.4. The number of piperazine rings is 1. The lowest BCUT2D eigenvalue weighted by atomic mass is 10.0. The molecule has 2 aromatic heterocycles. The van der Waals surface area contributed by atoms with Crippen LogP contribution in [0.25, 0.3) is 10.9 Å². The van der Waals surface area contributed by atoms with Gasteiger partial charge in [-0.3, -0.25) is 14.6 Å². The molecule has 2 aliphatic rings. The molecule has 1 N–H and O–H groups in total. The van der Waals surface area contributed by atoms with Gasteiger partial charge in [0.2, 0.25) is 0 Å². The Morgan fingerprint density at radius 2 is 1.95 bits per heavy atom. The van der Waals surface area contributed by atoms with Crippen LogP contribution in [0.1, 0.15) is 42.8 Å². The number of H-pyrrole nitrogens is 1. The lowest BCUT2D eigenvalue weighted by Crippen LogP contribution is -2.48. The Balaban J connectivity index is 1.33. The molecule has 10 nitrogen and oxygen atoms in total. The normalized spacial score (nSPS) is 19.5. The minimum atomic E-state index is -0.385. The monoisotopic (exact) mass is 529 g/mol. The third-order valence-corrected chi connectivity index (χ3v) is 7.68. The van der Waals surface area contributed by atoms with Crippen molar-refractivity contribution < 1.29 is 9.47 Å². The maximum atomic E-state index is 13.6. The van der Waals surface area contributed by atoms with E-state index in [2.05, 4.69) is 54.6 Å². The summed E-state index contributed by atoms with van der Waals surface area (Å²) in [6.07, 6.45) is 2.11. The van der Waals surface area contributed by atoms with Gasteiger partial charge in [-0.25, -0.2) is 4.68 Å². The minimum absolute atomic E-state index is 0.0826. The number of nitrogens with zero attached hydrogens (tertiary/aromatic N) is 6. The van der Waals surface area contributed by atoms with Crippen molar-refractivity contribution >= 4 is 10.9 Å².